The van der Waals surface area contributed by atoms with Gasteiger partial charge in [0, 0.05) is 0 Å². The number of amides is 2. The highest BCUT2D eigenvalue weighted by Crippen LogP contribution is 2.25. The van der Waals surface area contributed by atoms with Gasteiger partial charge in [-0.25, -0.2) is 5.01 Å². The average Bonchev–Trinajstić information content (AvgIpc) is 2.86. The lowest BCUT2D eigenvalue weighted by atomic mass is 10.1. The van der Waals surface area contributed by atoms with Gasteiger partial charge in [0.25, 0.3) is 11.8 Å². The SMILES string of the molecule is CCOc1ccc(C=C2C(=O)NN(c3ccccc3)C2=O)cc1I. The van der Waals surface area contributed by atoms with Gasteiger partial charge in [-0.2, -0.15) is 0 Å². The Morgan fingerprint density at radius 2 is 1.92 bits per heavy atom. The van der Waals surface area contributed by atoms with E-state index in [1.807, 2.05) is 43.3 Å². The summed E-state index contributed by atoms with van der Waals surface area (Å²) in [5.74, 6) is 0.0104. The molecule has 1 saturated heterocycles. The molecule has 1 fully saturated rings. The maximum atomic E-state index is 12.5. The van der Waals surface area contributed by atoms with Crippen LogP contribution < -0.4 is 15.2 Å². The minimum absolute atomic E-state index is 0.110. The van der Waals surface area contributed by atoms with Crippen LogP contribution in [-0.4, -0.2) is 18.4 Å². The van der Waals surface area contributed by atoms with Crippen LogP contribution in [0.4, 0.5) is 5.69 Å². The maximum absolute atomic E-state index is 12.5. The fraction of sp³-hybridized carbons (Fsp3) is 0.111. The van der Waals surface area contributed by atoms with Gasteiger partial charge in [0.2, 0.25) is 0 Å². The Balaban J connectivity index is 1.89. The lowest BCUT2D eigenvalue weighted by Crippen LogP contribution is -2.35. The van der Waals surface area contributed by atoms with Crippen molar-refractivity contribution < 1.29 is 14.3 Å². The van der Waals surface area contributed by atoms with Crippen molar-refractivity contribution in [3.8, 4) is 5.75 Å². The second kappa shape index (κ2) is 7.04. The lowest BCUT2D eigenvalue weighted by Gasteiger charge is -2.13. The number of hydrogen-bond acceptors (Lipinski definition) is 3. The van der Waals surface area contributed by atoms with Gasteiger partial charge in [-0.3, -0.25) is 15.0 Å². The largest absolute Gasteiger partial charge is 0.493 e. The number of hydrogen-bond donors (Lipinski definition) is 1. The third kappa shape index (κ3) is 3.28. The van der Waals surface area contributed by atoms with Crippen molar-refractivity contribution in [3.63, 3.8) is 0 Å². The van der Waals surface area contributed by atoms with E-state index in [4.69, 9.17) is 4.74 Å². The molecule has 122 valence electrons. The van der Waals surface area contributed by atoms with E-state index in [2.05, 4.69) is 28.0 Å². The van der Waals surface area contributed by atoms with E-state index in [1.165, 1.54) is 5.01 Å². The number of anilines is 1. The zero-order valence-electron chi connectivity index (χ0n) is 13.0. The summed E-state index contributed by atoms with van der Waals surface area (Å²) in [6.45, 7) is 2.51. The number of nitrogens with zero attached hydrogens (tertiary/aromatic N) is 1. The fourth-order valence-electron chi connectivity index (χ4n) is 2.36. The molecule has 0 unspecified atom stereocenters. The Bertz CT molecular complexity index is 818. The molecule has 0 aromatic heterocycles. The van der Waals surface area contributed by atoms with E-state index in [0.717, 1.165) is 14.9 Å². The molecule has 0 spiro atoms. The first-order valence-electron chi connectivity index (χ1n) is 7.44. The molecule has 1 aliphatic heterocycles. The number of halogens is 1. The third-order valence-electron chi connectivity index (χ3n) is 3.47. The van der Waals surface area contributed by atoms with Gasteiger partial charge in [-0.05, 0) is 65.4 Å². The minimum atomic E-state index is -0.409. The molecular formula is C18H15IN2O3. The first-order chi connectivity index (χ1) is 11.6. The molecule has 24 heavy (non-hydrogen) atoms. The highest BCUT2D eigenvalue weighted by atomic mass is 127. The van der Waals surface area contributed by atoms with Crippen LogP contribution in [0.3, 0.4) is 0 Å². The number of benzene rings is 2. The Morgan fingerprint density at radius 3 is 2.58 bits per heavy atom. The van der Waals surface area contributed by atoms with E-state index >= 15 is 0 Å². The predicted octanol–water partition coefficient (Wildman–Crippen LogP) is 3.15. The highest BCUT2D eigenvalue weighted by Gasteiger charge is 2.34. The predicted molar refractivity (Wildman–Crippen MR) is 100 cm³/mol. The van der Waals surface area contributed by atoms with Crippen molar-refractivity contribution in [3.05, 3.63) is 63.2 Å². The van der Waals surface area contributed by atoms with Crippen LogP contribution in [0.5, 0.6) is 5.75 Å². The topological polar surface area (TPSA) is 58.6 Å². The fourth-order valence-corrected chi connectivity index (χ4v) is 3.06. The first-order valence-corrected chi connectivity index (χ1v) is 8.52. The van der Waals surface area contributed by atoms with Crippen LogP contribution >= 0.6 is 22.6 Å². The zero-order valence-corrected chi connectivity index (χ0v) is 15.1. The summed E-state index contributed by atoms with van der Waals surface area (Å²) in [5.41, 5.74) is 4.10. The summed E-state index contributed by atoms with van der Waals surface area (Å²) >= 11 is 2.17. The van der Waals surface area contributed by atoms with Crippen molar-refractivity contribution in [2.24, 2.45) is 0 Å². The van der Waals surface area contributed by atoms with Crippen LogP contribution in [-0.2, 0) is 9.59 Å². The molecule has 0 atom stereocenters. The van der Waals surface area contributed by atoms with Gasteiger partial charge in [0.15, 0.2) is 0 Å². The Labute approximate surface area is 153 Å². The lowest BCUT2D eigenvalue weighted by molar-refractivity contribution is -0.117. The molecule has 0 bridgehead atoms. The van der Waals surface area contributed by atoms with Crippen LogP contribution in [0, 0.1) is 3.57 Å². The molecule has 6 heteroatoms. The molecule has 1 heterocycles. The van der Waals surface area contributed by atoms with Gasteiger partial charge in [-0.1, -0.05) is 24.3 Å². The number of carbonyl (C=O) groups excluding carboxylic acids is 2. The first kappa shape index (κ1) is 16.5. The molecule has 5 nitrogen and oxygen atoms in total. The summed E-state index contributed by atoms with van der Waals surface area (Å²) in [6.07, 6.45) is 1.60. The second-order valence-corrected chi connectivity index (χ2v) is 6.26. The molecule has 0 aliphatic carbocycles. The van der Waals surface area contributed by atoms with Crippen LogP contribution in [0.25, 0.3) is 6.08 Å². The molecular weight excluding hydrogens is 419 g/mol. The van der Waals surface area contributed by atoms with E-state index in [-0.39, 0.29) is 11.5 Å². The summed E-state index contributed by atoms with van der Waals surface area (Å²) < 4.78 is 6.42. The number of hydrazine groups is 1. The van der Waals surface area contributed by atoms with Gasteiger partial charge < -0.3 is 4.74 Å². The van der Waals surface area contributed by atoms with Crippen molar-refractivity contribution in [1.29, 1.82) is 0 Å². The molecule has 3 rings (SSSR count). The van der Waals surface area contributed by atoms with Crippen LogP contribution in [0.2, 0.25) is 0 Å². The third-order valence-corrected chi connectivity index (χ3v) is 4.32. The van der Waals surface area contributed by atoms with Crippen molar-refractivity contribution in [2.45, 2.75) is 6.92 Å². The van der Waals surface area contributed by atoms with Crippen LogP contribution in [0.15, 0.2) is 54.1 Å². The summed E-state index contributed by atoms with van der Waals surface area (Å²) in [7, 11) is 0. The molecule has 2 aromatic carbocycles. The Hall–Kier alpha value is -2.35. The molecule has 1 N–H and O–H groups in total. The summed E-state index contributed by atoms with van der Waals surface area (Å²) in [4.78, 5) is 24.7. The highest BCUT2D eigenvalue weighted by molar-refractivity contribution is 14.1. The summed E-state index contributed by atoms with van der Waals surface area (Å²) in [5, 5.41) is 1.26. The molecule has 1 aliphatic rings. The molecule has 2 amide bonds. The Morgan fingerprint density at radius 1 is 1.17 bits per heavy atom. The molecule has 0 saturated carbocycles. The van der Waals surface area contributed by atoms with Gasteiger partial charge in [0.1, 0.15) is 11.3 Å². The van der Waals surface area contributed by atoms with E-state index in [9.17, 15) is 9.59 Å². The van der Waals surface area contributed by atoms with Crippen molar-refractivity contribution in [2.75, 3.05) is 11.6 Å². The minimum Gasteiger partial charge on any atom is -0.493 e. The van der Waals surface area contributed by atoms with Gasteiger partial charge in [0.05, 0.1) is 15.9 Å². The van der Waals surface area contributed by atoms with Crippen molar-refractivity contribution in [1.82, 2.24) is 5.43 Å². The van der Waals surface area contributed by atoms with Gasteiger partial charge >= 0.3 is 0 Å². The average molecular weight is 434 g/mol. The number of ether oxygens (including phenoxy) is 1. The number of para-hydroxylation sites is 1. The zero-order chi connectivity index (χ0) is 17.1. The second-order valence-electron chi connectivity index (χ2n) is 5.10. The van der Waals surface area contributed by atoms with Crippen LogP contribution in [0.1, 0.15) is 12.5 Å². The van der Waals surface area contributed by atoms with Crippen molar-refractivity contribution >= 4 is 46.2 Å². The van der Waals surface area contributed by atoms with E-state index in [0.29, 0.717) is 12.3 Å². The van der Waals surface area contributed by atoms with Gasteiger partial charge in [-0.15, -0.1) is 0 Å². The standard InChI is InChI=1S/C18H15IN2O3/c1-2-24-16-9-8-12(11-15(16)19)10-14-17(22)20-21(18(14)23)13-6-4-3-5-7-13/h3-11H,2H2,1H3,(H,20,22). The smallest absolute Gasteiger partial charge is 0.282 e. The monoisotopic (exact) mass is 434 g/mol. The Kier molecular flexibility index (Phi) is 4.84. The number of rotatable bonds is 4. The van der Waals surface area contributed by atoms with E-state index < -0.39 is 5.91 Å². The van der Waals surface area contributed by atoms with E-state index in [1.54, 1.807) is 18.2 Å². The maximum Gasteiger partial charge on any atom is 0.282 e. The molecule has 0 radical (unpaired) electrons. The quantitative estimate of drug-likeness (QED) is 0.457. The number of nitrogens with one attached hydrogen (secondary N) is 1. The molecule has 2 aromatic rings. The normalized spacial score (nSPS) is 15.8. The summed E-state index contributed by atoms with van der Waals surface area (Å²) in [6, 6.07) is 14.5. The number of carbonyl (C=O) groups is 2.